The molecule has 1 amide bonds. The summed E-state index contributed by atoms with van der Waals surface area (Å²) in [6.45, 7) is 5.63. The second-order valence-corrected chi connectivity index (χ2v) is 9.72. The Morgan fingerprint density at radius 3 is 2.75 bits per heavy atom. The van der Waals surface area contributed by atoms with Crippen molar-refractivity contribution in [1.29, 1.82) is 0 Å². The number of sulfonamides is 1. The highest BCUT2D eigenvalue weighted by Gasteiger charge is 2.37. The number of carbonyl (C=O) groups is 1. The lowest BCUT2D eigenvalue weighted by Crippen LogP contribution is -2.50. The third-order valence-corrected chi connectivity index (χ3v) is 7.60. The number of rotatable bonds is 6. The predicted molar refractivity (Wildman–Crippen MR) is 119 cm³/mol. The maximum atomic E-state index is 13.6. The number of likely N-dealkylation sites (N-methyl/N-ethyl adjacent to an activating group) is 1. The summed E-state index contributed by atoms with van der Waals surface area (Å²) in [5.41, 5.74) is 2.58. The van der Waals surface area contributed by atoms with E-state index in [4.69, 9.17) is 4.52 Å². The number of benzene rings is 1. The first-order valence-electron chi connectivity index (χ1n) is 10.6. The van der Waals surface area contributed by atoms with Crippen LogP contribution < -0.4 is 4.72 Å². The number of aromatic nitrogens is 2. The largest absolute Gasteiger partial charge is 0.465 e. The molecule has 1 saturated carbocycles. The summed E-state index contributed by atoms with van der Waals surface area (Å²) in [5.74, 6) is 0.588. The van der Waals surface area contributed by atoms with Gasteiger partial charge in [0, 0.05) is 29.7 Å². The number of amides is 1. The third kappa shape index (κ3) is 3.95. The van der Waals surface area contributed by atoms with Crippen molar-refractivity contribution in [2.24, 2.45) is 0 Å². The van der Waals surface area contributed by atoms with Gasteiger partial charge in [-0.15, -0.1) is 0 Å². The van der Waals surface area contributed by atoms with Crippen LogP contribution in [0, 0.1) is 13.8 Å². The zero-order chi connectivity index (χ0) is 23.0. The lowest BCUT2D eigenvalue weighted by Gasteiger charge is -2.30. The van der Waals surface area contributed by atoms with Gasteiger partial charge in [0.1, 0.15) is 5.76 Å². The fourth-order valence-electron chi connectivity index (χ4n) is 4.64. The lowest BCUT2D eigenvalue weighted by atomic mass is 10.0. The Labute approximate surface area is 186 Å². The second kappa shape index (κ2) is 8.51. The van der Waals surface area contributed by atoms with Crippen LogP contribution >= 0.6 is 0 Å². The first kappa shape index (κ1) is 22.2. The summed E-state index contributed by atoms with van der Waals surface area (Å²) in [6.07, 6.45) is 2.52. The summed E-state index contributed by atoms with van der Waals surface area (Å²) in [4.78, 5) is 17.4. The third-order valence-electron chi connectivity index (χ3n) is 6.07. The number of fused-ring (bicyclic) bond motifs is 1. The molecule has 32 heavy (non-hydrogen) atoms. The van der Waals surface area contributed by atoms with Crippen LogP contribution in [-0.4, -0.2) is 53.3 Å². The molecule has 1 aliphatic carbocycles. The molecule has 0 saturated heterocycles. The molecule has 0 bridgehead atoms. The zero-order valence-electron chi connectivity index (χ0n) is 18.2. The number of hydrogen-bond acceptors (Lipinski definition) is 6. The Balaban J connectivity index is 1.79. The van der Waals surface area contributed by atoms with Crippen molar-refractivity contribution in [3.05, 3.63) is 41.9 Å². The summed E-state index contributed by atoms with van der Waals surface area (Å²) in [6, 6.07) is 5.95. The topological polar surface area (TPSA) is 126 Å². The molecule has 3 aromatic rings. The fraction of sp³-hybridized carbons (Fsp3) is 0.409. The Bertz CT molecular complexity index is 1250. The van der Waals surface area contributed by atoms with Gasteiger partial charge in [0.25, 0.3) is 0 Å². The normalized spacial score (nSPS) is 18.8. The molecule has 1 aromatic carbocycles. The second-order valence-electron chi connectivity index (χ2n) is 8.04. The first-order chi connectivity index (χ1) is 15.2. The Kier molecular flexibility index (Phi) is 5.91. The van der Waals surface area contributed by atoms with Gasteiger partial charge in [-0.25, -0.2) is 17.9 Å². The van der Waals surface area contributed by atoms with Crippen molar-refractivity contribution in [2.45, 2.75) is 57.0 Å². The van der Waals surface area contributed by atoms with Crippen molar-refractivity contribution in [2.75, 3.05) is 6.54 Å². The average Bonchev–Trinajstić information content (AvgIpc) is 3.33. The van der Waals surface area contributed by atoms with E-state index in [0.717, 1.165) is 12.0 Å². The van der Waals surface area contributed by atoms with Crippen molar-refractivity contribution in [3.63, 3.8) is 0 Å². The molecule has 9 nitrogen and oxygen atoms in total. The van der Waals surface area contributed by atoms with E-state index in [1.807, 2.05) is 6.07 Å². The molecular weight excluding hydrogens is 432 g/mol. The molecule has 0 unspecified atom stereocenters. The molecule has 4 rings (SSSR count). The van der Waals surface area contributed by atoms with Gasteiger partial charge >= 0.3 is 6.09 Å². The van der Waals surface area contributed by atoms with E-state index in [9.17, 15) is 18.3 Å². The molecule has 2 N–H and O–H groups in total. The van der Waals surface area contributed by atoms with Crippen LogP contribution in [0.4, 0.5) is 4.79 Å². The Hall–Kier alpha value is -2.98. The maximum Gasteiger partial charge on any atom is 0.407 e. The van der Waals surface area contributed by atoms with Crippen LogP contribution in [-0.2, 0) is 10.0 Å². The molecule has 2 atom stereocenters. The van der Waals surface area contributed by atoms with Crippen LogP contribution in [0.2, 0.25) is 0 Å². The minimum atomic E-state index is -3.97. The van der Waals surface area contributed by atoms with E-state index < -0.39 is 28.2 Å². The summed E-state index contributed by atoms with van der Waals surface area (Å²) in [5, 5.41) is 14.0. The molecule has 1 aliphatic rings. The van der Waals surface area contributed by atoms with Gasteiger partial charge in [-0.05, 0) is 69.9 Å². The van der Waals surface area contributed by atoms with E-state index >= 15 is 0 Å². The van der Waals surface area contributed by atoms with Gasteiger partial charge in [0.05, 0.1) is 22.1 Å². The number of nitrogens with one attached hydrogen (secondary N) is 1. The number of pyridine rings is 1. The number of carboxylic acid groups (broad SMARTS) is 1. The summed E-state index contributed by atoms with van der Waals surface area (Å²) < 4.78 is 35.2. The van der Waals surface area contributed by atoms with Crippen molar-refractivity contribution < 1.29 is 22.8 Å². The minimum Gasteiger partial charge on any atom is -0.465 e. The average molecular weight is 459 g/mol. The summed E-state index contributed by atoms with van der Waals surface area (Å²) >= 11 is 0. The molecule has 10 heteroatoms. The Morgan fingerprint density at radius 1 is 1.31 bits per heavy atom. The van der Waals surface area contributed by atoms with Gasteiger partial charge in [-0.3, -0.25) is 4.98 Å². The van der Waals surface area contributed by atoms with Gasteiger partial charge in [-0.2, -0.15) is 0 Å². The number of hydrogen-bond donors (Lipinski definition) is 2. The van der Waals surface area contributed by atoms with Gasteiger partial charge in [0.15, 0.2) is 0 Å². The van der Waals surface area contributed by atoms with Gasteiger partial charge < -0.3 is 14.5 Å². The van der Waals surface area contributed by atoms with Crippen LogP contribution in [0.25, 0.3) is 22.0 Å². The first-order valence-corrected chi connectivity index (χ1v) is 12.0. The van der Waals surface area contributed by atoms with Gasteiger partial charge in [0.2, 0.25) is 10.0 Å². The Morgan fingerprint density at radius 2 is 2.09 bits per heavy atom. The molecule has 0 radical (unpaired) electrons. The van der Waals surface area contributed by atoms with E-state index in [0.29, 0.717) is 47.3 Å². The quantitative estimate of drug-likeness (QED) is 0.577. The molecule has 0 aliphatic heterocycles. The zero-order valence-corrected chi connectivity index (χ0v) is 19.0. The maximum absolute atomic E-state index is 13.6. The highest BCUT2D eigenvalue weighted by atomic mass is 32.2. The number of nitrogens with zero attached hydrogens (tertiary/aromatic N) is 3. The smallest absolute Gasteiger partial charge is 0.407 e. The fourth-order valence-corrected chi connectivity index (χ4v) is 6.18. The van der Waals surface area contributed by atoms with E-state index in [1.54, 1.807) is 45.2 Å². The number of aryl methyl sites for hydroxylation is 2. The lowest BCUT2D eigenvalue weighted by molar-refractivity contribution is 0.122. The molecule has 1 fully saturated rings. The summed E-state index contributed by atoms with van der Waals surface area (Å²) in [7, 11) is -3.97. The molecule has 0 spiro atoms. The van der Waals surface area contributed by atoms with Crippen LogP contribution in [0.5, 0.6) is 0 Å². The van der Waals surface area contributed by atoms with Crippen LogP contribution in [0.3, 0.4) is 0 Å². The predicted octanol–water partition coefficient (Wildman–Crippen LogP) is 3.71. The van der Waals surface area contributed by atoms with Crippen molar-refractivity contribution in [3.8, 4) is 11.1 Å². The molecular formula is C22H26N4O5S. The standard InChI is InChI=1S/C22H26N4O5S/c1-4-26(22(27)28)19-9-5-8-17(19)25-32(29,30)20-12-15(21-13(2)24-31-14(21)3)11-18-16(20)7-6-10-23-18/h6-7,10-12,17,19,25H,4-5,8-9H2,1-3H3,(H,27,28)/t17-,19+/m1/s1. The highest BCUT2D eigenvalue weighted by molar-refractivity contribution is 7.89. The van der Waals surface area contributed by atoms with E-state index in [1.165, 1.54) is 4.90 Å². The van der Waals surface area contributed by atoms with Crippen molar-refractivity contribution in [1.82, 2.24) is 19.8 Å². The minimum absolute atomic E-state index is 0.0992. The van der Waals surface area contributed by atoms with E-state index in [2.05, 4.69) is 14.9 Å². The van der Waals surface area contributed by atoms with Crippen LogP contribution in [0.15, 0.2) is 39.9 Å². The van der Waals surface area contributed by atoms with E-state index in [-0.39, 0.29) is 4.90 Å². The molecule has 2 aromatic heterocycles. The monoisotopic (exact) mass is 458 g/mol. The SMILES string of the molecule is CCN(C(=O)O)[C@H]1CCC[C@H]1NS(=O)(=O)c1cc(-c2c(C)noc2C)cc2ncccc12. The van der Waals surface area contributed by atoms with Gasteiger partial charge in [-0.1, -0.05) is 5.16 Å². The van der Waals surface area contributed by atoms with Crippen LogP contribution in [0.1, 0.15) is 37.6 Å². The molecule has 170 valence electrons. The van der Waals surface area contributed by atoms with Crippen molar-refractivity contribution >= 4 is 27.0 Å². The highest BCUT2D eigenvalue weighted by Crippen LogP contribution is 2.34. The molecule has 2 heterocycles.